The van der Waals surface area contributed by atoms with Crippen LogP contribution in [0.5, 0.6) is 0 Å². The number of aryl methyl sites for hydroxylation is 1. The van der Waals surface area contributed by atoms with Crippen molar-refractivity contribution in [2.45, 2.75) is 11.1 Å². The number of anilines is 1. The van der Waals surface area contributed by atoms with Gasteiger partial charge in [0, 0.05) is 6.92 Å². The van der Waals surface area contributed by atoms with Gasteiger partial charge in [-0.05, 0) is 40.2 Å². The quantitative estimate of drug-likeness (QED) is 0.759. The summed E-state index contributed by atoms with van der Waals surface area (Å²) in [5, 5.41) is 0. The summed E-state index contributed by atoms with van der Waals surface area (Å²) in [4.78, 5) is 4.17. The summed E-state index contributed by atoms with van der Waals surface area (Å²) in [5.74, 6) is 0.491. The lowest BCUT2D eigenvalue weighted by Crippen LogP contribution is -2.11. The highest BCUT2D eigenvalue weighted by Gasteiger charge is 2.19. The molecule has 0 spiro atoms. The number of para-hydroxylation sites is 1. The topological polar surface area (TPSA) is 72.2 Å². The highest BCUT2D eigenvalue weighted by molar-refractivity contribution is 9.11. The summed E-state index contributed by atoms with van der Waals surface area (Å²) in [5.41, 5.74) is 1.44. The number of hydrogen-bond donors (Lipinski definition) is 1. The SMILES string of the molecule is Cc1nc2cccc(NS(=O)(=O)c3ccc(Br)s3)c2o1. The number of fused-ring (bicyclic) bond motifs is 1. The van der Waals surface area contributed by atoms with Crippen molar-refractivity contribution in [3.05, 3.63) is 40.0 Å². The third-order valence-electron chi connectivity index (χ3n) is 2.58. The first kappa shape index (κ1) is 13.6. The lowest BCUT2D eigenvalue weighted by molar-refractivity contribution is 0.561. The third-order valence-corrected chi connectivity index (χ3v) is 6.06. The number of nitrogens with zero attached hydrogens (tertiary/aromatic N) is 1. The number of sulfonamides is 1. The highest BCUT2D eigenvalue weighted by Crippen LogP contribution is 2.30. The monoisotopic (exact) mass is 372 g/mol. The maximum Gasteiger partial charge on any atom is 0.271 e. The molecule has 2 aromatic heterocycles. The van der Waals surface area contributed by atoms with E-state index < -0.39 is 10.0 Å². The Balaban J connectivity index is 2.05. The van der Waals surface area contributed by atoms with Gasteiger partial charge in [-0.2, -0.15) is 0 Å². The first-order valence-electron chi connectivity index (χ1n) is 5.60. The molecule has 0 unspecified atom stereocenters. The van der Waals surface area contributed by atoms with Gasteiger partial charge >= 0.3 is 0 Å². The van der Waals surface area contributed by atoms with Crippen molar-refractivity contribution in [2.24, 2.45) is 0 Å². The van der Waals surface area contributed by atoms with Crippen LogP contribution in [0.4, 0.5) is 5.69 Å². The van der Waals surface area contributed by atoms with Gasteiger partial charge in [-0.3, -0.25) is 4.72 Å². The van der Waals surface area contributed by atoms with Gasteiger partial charge < -0.3 is 4.42 Å². The maximum atomic E-state index is 12.3. The summed E-state index contributed by atoms with van der Waals surface area (Å²) < 4.78 is 33.5. The van der Waals surface area contributed by atoms with Crippen molar-refractivity contribution in [3.8, 4) is 0 Å². The molecule has 3 aromatic rings. The van der Waals surface area contributed by atoms with Crippen LogP contribution in [0.3, 0.4) is 0 Å². The van der Waals surface area contributed by atoms with Gasteiger partial charge in [-0.15, -0.1) is 11.3 Å². The Morgan fingerprint density at radius 3 is 2.80 bits per heavy atom. The molecule has 0 aliphatic rings. The summed E-state index contributed by atoms with van der Waals surface area (Å²) in [6.07, 6.45) is 0. The molecule has 0 aliphatic carbocycles. The van der Waals surface area contributed by atoms with Crippen LogP contribution in [0, 0.1) is 6.92 Å². The van der Waals surface area contributed by atoms with E-state index in [4.69, 9.17) is 4.42 Å². The Labute approximate surface area is 127 Å². The predicted molar refractivity (Wildman–Crippen MR) is 81.6 cm³/mol. The highest BCUT2D eigenvalue weighted by atomic mass is 79.9. The van der Waals surface area contributed by atoms with Gasteiger partial charge in [-0.1, -0.05) is 6.07 Å². The second-order valence-electron chi connectivity index (χ2n) is 4.05. The van der Waals surface area contributed by atoms with Crippen molar-refractivity contribution in [1.82, 2.24) is 4.98 Å². The van der Waals surface area contributed by atoms with Crippen molar-refractivity contribution in [1.29, 1.82) is 0 Å². The molecule has 0 bridgehead atoms. The third kappa shape index (κ3) is 2.46. The molecule has 0 amide bonds. The molecule has 0 atom stereocenters. The van der Waals surface area contributed by atoms with Crippen LogP contribution in [0.15, 0.2) is 42.7 Å². The predicted octanol–water partition coefficient (Wildman–Crippen LogP) is 3.76. The number of aromatic nitrogens is 1. The zero-order valence-electron chi connectivity index (χ0n) is 10.3. The fourth-order valence-corrected chi connectivity index (χ4v) is 4.85. The molecule has 0 fully saturated rings. The standard InChI is InChI=1S/C12H9BrN2O3S2/c1-7-14-8-3-2-4-9(12(8)18-7)15-20(16,17)11-6-5-10(13)19-11/h2-6,15H,1H3. The average Bonchev–Trinajstić information content (AvgIpc) is 2.95. The normalized spacial score (nSPS) is 11.9. The fraction of sp³-hybridized carbons (Fsp3) is 0.0833. The van der Waals surface area contributed by atoms with E-state index in [1.165, 1.54) is 0 Å². The van der Waals surface area contributed by atoms with Crippen LogP contribution in [0.25, 0.3) is 11.1 Å². The minimum absolute atomic E-state index is 0.234. The number of rotatable bonds is 3. The number of halogens is 1. The molecule has 104 valence electrons. The largest absolute Gasteiger partial charge is 0.439 e. The second-order valence-corrected chi connectivity index (χ2v) is 8.42. The Hall–Kier alpha value is -1.38. The van der Waals surface area contributed by atoms with E-state index in [1.54, 1.807) is 37.3 Å². The molecule has 8 heteroatoms. The number of hydrogen-bond acceptors (Lipinski definition) is 5. The van der Waals surface area contributed by atoms with Crippen molar-refractivity contribution >= 4 is 54.1 Å². The zero-order chi connectivity index (χ0) is 14.3. The summed E-state index contributed by atoms with van der Waals surface area (Å²) in [6.45, 7) is 1.72. The molecule has 1 N–H and O–H groups in total. The van der Waals surface area contributed by atoms with Gasteiger partial charge in [0.25, 0.3) is 10.0 Å². The summed E-state index contributed by atoms with van der Waals surface area (Å²) in [7, 11) is -3.62. The molecule has 2 heterocycles. The van der Waals surface area contributed by atoms with Crippen LogP contribution in [0.1, 0.15) is 5.89 Å². The van der Waals surface area contributed by atoms with Crippen LogP contribution < -0.4 is 4.72 Å². The van der Waals surface area contributed by atoms with Gasteiger partial charge in [0.1, 0.15) is 9.73 Å². The summed E-state index contributed by atoms with van der Waals surface area (Å²) >= 11 is 4.40. The molecular weight excluding hydrogens is 364 g/mol. The molecule has 0 aliphatic heterocycles. The van der Waals surface area contributed by atoms with E-state index in [9.17, 15) is 8.42 Å². The van der Waals surface area contributed by atoms with Crippen LogP contribution >= 0.6 is 27.3 Å². The van der Waals surface area contributed by atoms with Crippen molar-refractivity contribution < 1.29 is 12.8 Å². The van der Waals surface area contributed by atoms with Crippen molar-refractivity contribution in [2.75, 3.05) is 4.72 Å². The smallest absolute Gasteiger partial charge is 0.271 e. The lowest BCUT2D eigenvalue weighted by atomic mass is 10.3. The molecule has 1 aromatic carbocycles. The van der Waals surface area contributed by atoms with Gasteiger partial charge in [0.2, 0.25) is 0 Å². The molecule has 5 nitrogen and oxygen atoms in total. The zero-order valence-corrected chi connectivity index (χ0v) is 13.5. The van der Waals surface area contributed by atoms with E-state index in [2.05, 4.69) is 25.6 Å². The van der Waals surface area contributed by atoms with Gasteiger partial charge in [-0.25, -0.2) is 13.4 Å². The van der Waals surface area contributed by atoms with E-state index in [0.717, 1.165) is 15.1 Å². The van der Waals surface area contributed by atoms with Gasteiger partial charge in [0.15, 0.2) is 11.5 Å². The van der Waals surface area contributed by atoms with E-state index in [-0.39, 0.29) is 4.21 Å². The lowest BCUT2D eigenvalue weighted by Gasteiger charge is -2.05. The molecule has 3 rings (SSSR count). The first-order chi connectivity index (χ1) is 9.45. The van der Waals surface area contributed by atoms with E-state index >= 15 is 0 Å². The number of nitrogens with one attached hydrogen (secondary N) is 1. The Morgan fingerprint density at radius 1 is 1.30 bits per heavy atom. The minimum Gasteiger partial charge on any atom is -0.439 e. The number of thiophene rings is 1. The second kappa shape index (κ2) is 4.87. The van der Waals surface area contributed by atoms with Crippen LogP contribution in [-0.4, -0.2) is 13.4 Å². The molecule has 20 heavy (non-hydrogen) atoms. The van der Waals surface area contributed by atoms with Gasteiger partial charge in [0.05, 0.1) is 9.47 Å². The Bertz CT molecular complexity index is 883. The van der Waals surface area contributed by atoms with Crippen molar-refractivity contribution in [3.63, 3.8) is 0 Å². The minimum atomic E-state index is -3.62. The number of benzene rings is 1. The fourth-order valence-electron chi connectivity index (χ4n) is 1.78. The van der Waals surface area contributed by atoms with Crippen LogP contribution in [-0.2, 0) is 10.0 Å². The Kier molecular flexibility index (Phi) is 3.31. The number of oxazole rings is 1. The van der Waals surface area contributed by atoms with E-state index in [0.29, 0.717) is 22.7 Å². The summed E-state index contributed by atoms with van der Waals surface area (Å²) in [6, 6.07) is 8.38. The van der Waals surface area contributed by atoms with Crippen LogP contribution in [0.2, 0.25) is 0 Å². The van der Waals surface area contributed by atoms with E-state index in [1.807, 2.05) is 0 Å². The molecule has 0 saturated carbocycles. The molecular formula is C12H9BrN2O3S2. The average molecular weight is 373 g/mol. The first-order valence-corrected chi connectivity index (χ1v) is 8.69. The molecule has 0 saturated heterocycles. The maximum absolute atomic E-state index is 12.3. The molecule has 0 radical (unpaired) electrons. The Morgan fingerprint density at radius 2 is 2.10 bits per heavy atom.